The van der Waals surface area contributed by atoms with Gasteiger partial charge in [0, 0.05) is 25.1 Å². The molecule has 1 heterocycles. The topological polar surface area (TPSA) is 33.6 Å². The Morgan fingerprint density at radius 3 is 2.65 bits per heavy atom. The molecule has 3 nitrogen and oxygen atoms in total. The molecule has 26 heavy (non-hydrogen) atoms. The highest BCUT2D eigenvalue weighted by Gasteiger charge is 2.30. The molecule has 2 aromatic rings. The molecule has 0 saturated heterocycles. The summed E-state index contributed by atoms with van der Waals surface area (Å²) in [6.45, 7) is 0.774. The quantitative estimate of drug-likeness (QED) is 0.736. The summed E-state index contributed by atoms with van der Waals surface area (Å²) in [5.41, 5.74) is 1.50. The molecule has 0 amide bonds. The van der Waals surface area contributed by atoms with E-state index >= 15 is 0 Å². The Bertz CT molecular complexity index is 824. The van der Waals surface area contributed by atoms with Gasteiger partial charge in [-0.2, -0.15) is 13.2 Å². The Balaban J connectivity index is 1.51. The fourth-order valence-corrected chi connectivity index (χ4v) is 2.92. The van der Waals surface area contributed by atoms with E-state index < -0.39 is 11.7 Å². The number of benzene rings is 2. The van der Waals surface area contributed by atoms with E-state index in [1.54, 1.807) is 18.2 Å². The highest BCUT2D eigenvalue weighted by molar-refractivity contribution is 6.42. The fraction of sp³-hybridized carbons (Fsp3) is 0.278. The maximum atomic E-state index is 12.7. The second-order valence-corrected chi connectivity index (χ2v) is 6.74. The third-order valence-corrected chi connectivity index (χ3v) is 4.68. The molecule has 1 N–H and O–H groups in total. The molecule has 138 valence electrons. The van der Waals surface area contributed by atoms with E-state index in [1.165, 1.54) is 6.07 Å². The van der Waals surface area contributed by atoms with Crippen molar-refractivity contribution in [1.29, 1.82) is 0 Å². The van der Waals surface area contributed by atoms with Crippen molar-refractivity contribution >= 4 is 28.9 Å². The zero-order valence-corrected chi connectivity index (χ0v) is 15.0. The van der Waals surface area contributed by atoms with Crippen molar-refractivity contribution in [1.82, 2.24) is 5.32 Å². The number of hydrogen-bond donors (Lipinski definition) is 1. The van der Waals surface area contributed by atoms with Crippen LogP contribution in [0.25, 0.3) is 0 Å². The average Bonchev–Trinajstić information content (AvgIpc) is 3.06. The average molecular weight is 403 g/mol. The number of hydrogen-bond acceptors (Lipinski definition) is 3. The predicted octanol–water partition coefficient (Wildman–Crippen LogP) is 5.30. The van der Waals surface area contributed by atoms with Gasteiger partial charge < -0.3 is 10.2 Å². The van der Waals surface area contributed by atoms with Gasteiger partial charge in [0.25, 0.3) is 0 Å². The van der Waals surface area contributed by atoms with Crippen molar-refractivity contribution in [2.75, 3.05) is 6.54 Å². The SMILES string of the molecule is FC(F)(F)c1cccc(CNC[C@@H]2CC(c3ccc(Cl)c(Cl)c3)=NO2)c1. The van der Waals surface area contributed by atoms with Crippen LogP contribution in [0.3, 0.4) is 0 Å². The van der Waals surface area contributed by atoms with Crippen LogP contribution in [0, 0.1) is 0 Å². The van der Waals surface area contributed by atoms with Crippen molar-refractivity contribution in [2.45, 2.75) is 25.2 Å². The molecule has 1 atom stereocenters. The summed E-state index contributed by atoms with van der Waals surface area (Å²) in [6, 6.07) is 10.5. The summed E-state index contributed by atoms with van der Waals surface area (Å²) in [5.74, 6) is 0. The number of rotatable bonds is 5. The maximum absolute atomic E-state index is 12.7. The largest absolute Gasteiger partial charge is 0.416 e. The Morgan fingerprint density at radius 2 is 1.92 bits per heavy atom. The van der Waals surface area contributed by atoms with Crippen molar-refractivity contribution in [3.63, 3.8) is 0 Å². The molecule has 8 heteroatoms. The van der Waals surface area contributed by atoms with Crippen molar-refractivity contribution in [3.05, 3.63) is 69.2 Å². The Hall–Kier alpha value is -1.76. The summed E-state index contributed by atoms with van der Waals surface area (Å²) < 4.78 is 38.2. The third kappa shape index (κ3) is 4.69. The van der Waals surface area contributed by atoms with Crippen molar-refractivity contribution in [2.24, 2.45) is 5.16 Å². The Morgan fingerprint density at radius 1 is 1.12 bits per heavy atom. The second kappa shape index (κ2) is 7.86. The predicted molar refractivity (Wildman–Crippen MR) is 95.6 cm³/mol. The first-order valence-electron chi connectivity index (χ1n) is 7.88. The van der Waals surface area contributed by atoms with Crippen LogP contribution in [0.1, 0.15) is 23.1 Å². The maximum Gasteiger partial charge on any atom is 0.416 e. The smallest absolute Gasteiger partial charge is 0.390 e. The molecule has 0 bridgehead atoms. The van der Waals surface area contributed by atoms with Crippen LogP contribution in [0.2, 0.25) is 10.0 Å². The van der Waals surface area contributed by atoms with Crippen LogP contribution < -0.4 is 5.32 Å². The van der Waals surface area contributed by atoms with Gasteiger partial charge in [-0.05, 0) is 23.8 Å². The lowest BCUT2D eigenvalue weighted by atomic mass is 10.0. The standard InChI is InChI=1S/C18H15Cl2F3N2O/c19-15-5-4-12(7-16(15)20)17-8-14(26-25-17)10-24-9-11-2-1-3-13(6-11)18(21,22)23/h1-7,14,24H,8-10H2/t14-/m0/s1. The molecule has 0 fully saturated rings. The van der Waals surface area contributed by atoms with Gasteiger partial charge in [-0.15, -0.1) is 0 Å². The van der Waals surface area contributed by atoms with Crippen LogP contribution >= 0.6 is 23.2 Å². The van der Waals surface area contributed by atoms with E-state index in [9.17, 15) is 13.2 Å². The molecule has 0 unspecified atom stereocenters. The lowest BCUT2D eigenvalue weighted by Gasteiger charge is -2.11. The van der Waals surface area contributed by atoms with Gasteiger partial charge in [-0.25, -0.2) is 0 Å². The normalized spacial score (nSPS) is 17.1. The lowest BCUT2D eigenvalue weighted by Crippen LogP contribution is -2.26. The summed E-state index contributed by atoms with van der Waals surface area (Å²) in [4.78, 5) is 5.38. The van der Waals surface area contributed by atoms with Crippen molar-refractivity contribution < 1.29 is 18.0 Å². The highest BCUT2D eigenvalue weighted by atomic mass is 35.5. The van der Waals surface area contributed by atoms with E-state index in [0.717, 1.165) is 23.4 Å². The molecule has 1 aliphatic heterocycles. The van der Waals surface area contributed by atoms with E-state index in [2.05, 4.69) is 10.5 Å². The first-order chi connectivity index (χ1) is 12.3. The van der Waals surface area contributed by atoms with Gasteiger partial charge in [0.05, 0.1) is 21.3 Å². The van der Waals surface area contributed by atoms with Crippen LogP contribution in [0.15, 0.2) is 47.6 Å². The first kappa shape index (κ1) is 19.0. The van der Waals surface area contributed by atoms with E-state index in [1.807, 2.05) is 6.07 Å². The molecule has 0 aliphatic carbocycles. The van der Waals surface area contributed by atoms with Gasteiger partial charge >= 0.3 is 6.18 Å². The van der Waals surface area contributed by atoms with Gasteiger partial charge in [-0.3, -0.25) is 0 Å². The zero-order chi connectivity index (χ0) is 18.7. The molecule has 0 saturated carbocycles. The molecule has 1 aliphatic rings. The van der Waals surface area contributed by atoms with Gasteiger partial charge in [0.2, 0.25) is 0 Å². The van der Waals surface area contributed by atoms with Gasteiger partial charge in [0.15, 0.2) is 0 Å². The Labute approximate surface area is 158 Å². The van der Waals surface area contributed by atoms with E-state index in [4.69, 9.17) is 28.0 Å². The minimum atomic E-state index is -4.34. The molecular formula is C18H15Cl2F3N2O. The lowest BCUT2D eigenvalue weighted by molar-refractivity contribution is -0.137. The number of oxime groups is 1. The third-order valence-electron chi connectivity index (χ3n) is 3.94. The van der Waals surface area contributed by atoms with Crippen LogP contribution in [0.5, 0.6) is 0 Å². The summed E-state index contributed by atoms with van der Waals surface area (Å²) in [6.07, 6.45) is -3.95. The number of halogens is 5. The van der Waals surface area contributed by atoms with E-state index in [-0.39, 0.29) is 6.10 Å². The second-order valence-electron chi connectivity index (χ2n) is 5.93. The minimum Gasteiger partial charge on any atom is -0.390 e. The molecule has 0 radical (unpaired) electrons. The van der Waals surface area contributed by atoms with Gasteiger partial charge in [-0.1, -0.05) is 52.6 Å². The summed E-state index contributed by atoms with van der Waals surface area (Å²) >= 11 is 11.9. The molecule has 0 aromatic heterocycles. The fourth-order valence-electron chi connectivity index (χ4n) is 2.62. The molecule has 3 rings (SSSR count). The zero-order valence-electron chi connectivity index (χ0n) is 13.5. The number of nitrogens with one attached hydrogen (secondary N) is 1. The van der Waals surface area contributed by atoms with Crippen LogP contribution in [0.4, 0.5) is 13.2 Å². The molecule has 0 spiro atoms. The van der Waals surface area contributed by atoms with Crippen molar-refractivity contribution in [3.8, 4) is 0 Å². The Kier molecular flexibility index (Phi) is 5.75. The monoisotopic (exact) mass is 402 g/mol. The number of alkyl halides is 3. The van der Waals surface area contributed by atoms with Gasteiger partial charge in [0.1, 0.15) is 6.10 Å². The highest BCUT2D eigenvalue weighted by Crippen LogP contribution is 2.29. The summed E-state index contributed by atoms with van der Waals surface area (Å²) in [7, 11) is 0. The van der Waals surface area contributed by atoms with E-state index in [0.29, 0.717) is 35.1 Å². The first-order valence-corrected chi connectivity index (χ1v) is 8.63. The number of nitrogens with zero attached hydrogens (tertiary/aromatic N) is 1. The van der Waals surface area contributed by atoms with Crippen LogP contribution in [-0.2, 0) is 17.6 Å². The molecule has 2 aromatic carbocycles. The minimum absolute atomic E-state index is 0.190. The van der Waals surface area contributed by atoms with Crippen LogP contribution in [-0.4, -0.2) is 18.4 Å². The summed E-state index contributed by atoms with van der Waals surface area (Å²) in [5, 5.41) is 8.07. The molecular weight excluding hydrogens is 388 g/mol.